The van der Waals surface area contributed by atoms with Gasteiger partial charge < -0.3 is 18.5 Å². The van der Waals surface area contributed by atoms with E-state index in [1.807, 2.05) is 0 Å². The van der Waals surface area contributed by atoms with Crippen molar-refractivity contribution in [2.75, 3.05) is 75.7 Å². The minimum Gasteiger partial charge on any atom is -0.384 e. The molecule has 0 saturated heterocycles. The Bertz CT molecular complexity index is 155. The third kappa shape index (κ3) is 31.9. The number of nitrogens with two attached hydrogens (primary N) is 1. The zero-order valence-corrected chi connectivity index (χ0v) is 13.5. The highest BCUT2D eigenvalue weighted by molar-refractivity contribution is 4.31. The van der Waals surface area contributed by atoms with Gasteiger partial charge in [-0.25, -0.2) is 5.90 Å². The van der Waals surface area contributed by atoms with Gasteiger partial charge in [-0.05, 0) is 0 Å². The van der Waals surface area contributed by atoms with Crippen LogP contribution >= 0.6 is 0 Å². The molecule has 0 rings (SSSR count). The molecule has 0 aromatic heterocycles. The minimum atomic E-state index is 0. The van der Waals surface area contributed by atoms with Crippen molar-refractivity contribution in [2.24, 2.45) is 5.90 Å². The fourth-order valence-corrected chi connectivity index (χ4v) is 1.31. The van der Waals surface area contributed by atoms with E-state index in [-0.39, 0.29) is 7.43 Å². The molecule has 120 valence electrons. The molecule has 5 nitrogen and oxygen atoms in total. The zero-order valence-electron chi connectivity index (χ0n) is 13.5. The highest BCUT2D eigenvalue weighted by Crippen LogP contribution is 1.92. The average molecular weight is 281 g/mol. The molecule has 0 fully saturated rings. The van der Waals surface area contributed by atoms with Crippen molar-refractivity contribution in [1.29, 1.82) is 0 Å². The number of quaternary nitrogens is 2. The van der Waals surface area contributed by atoms with Crippen molar-refractivity contribution >= 4 is 0 Å². The Labute approximate surface area is 121 Å². The topological polar surface area (TPSA) is 44.5 Å². The van der Waals surface area contributed by atoms with E-state index < -0.39 is 0 Å². The van der Waals surface area contributed by atoms with E-state index in [9.17, 15) is 0 Å². The Kier molecular flexibility index (Phi) is 16.1. The van der Waals surface area contributed by atoms with Gasteiger partial charge >= 0.3 is 0 Å². The second-order valence-corrected chi connectivity index (χ2v) is 6.60. The van der Waals surface area contributed by atoms with Gasteiger partial charge in [-0.1, -0.05) is 7.43 Å². The highest BCUT2D eigenvalue weighted by atomic mass is 16.6. The van der Waals surface area contributed by atoms with Gasteiger partial charge in [0.15, 0.2) is 0 Å². The smallest absolute Gasteiger partial charge is 0.0803 e. The van der Waals surface area contributed by atoms with Gasteiger partial charge in [-0.2, -0.15) is 0 Å². The van der Waals surface area contributed by atoms with Crippen molar-refractivity contribution in [2.45, 2.75) is 20.3 Å². The highest BCUT2D eigenvalue weighted by Gasteiger charge is 2.04. The largest absolute Gasteiger partial charge is 0.384 e. The summed E-state index contributed by atoms with van der Waals surface area (Å²) >= 11 is 0. The van der Waals surface area contributed by atoms with Crippen LogP contribution in [-0.4, -0.2) is 84.7 Å². The fourth-order valence-electron chi connectivity index (χ4n) is 1.31. The Morgan fingerprint density at radius 1 is 0.789 bits per heavy atom. The van der Waals surface area contributed by atoms with Crippen LogP contribution in [0.1, 0.15) is 20.3 Å². The van der Waals surface area contributed by atoms with Crippen molar-refractivity contribution in [3.05, 3.63) is 0 Å². The SMILES string of the molecule is C.COCCC[N+](C)(C)C.C[N+](C)(C)CCCON. The van der Waals surface area contributed by atoms with Crippen molar-refractivity contribution in [1.82, 2.24) is 0 Å². The van der Waals surface area contributed by atoms with Crippen LogP contribution in [0.5, 0.6) is 0 Å². The van der Waals surface area contributed by atoms with E-state index in [0.29, 0.717) is 6.61 Å². The molecule has 0 bridgehead atoms. The summed E-state index contributed by atoms with van der Waals surface area (Å²) in [5.74, 6) is 4.85. The lowest BCUT2D eigenvalue weighted by atomic mass is 10.4. The molecular weight excluding hydrogens is 242 g/mol. The van der Waals surface area contributed by atoms with E-state index >= 15 is 0 Å². The Hall–Kier alpha value is -0.200. The number of ether oxygens (including phenoxy) is 1. The van der Waals surface area contributed by atoms with E-state index in [1.54, 1.807) is 7.11 Å². The van der Waals surface area contributed by atoms with E-state index in [2.05, 4.69) is 47.1 Å². The first-order valence-corrected chi connectivity index (χ1v) is 6.54. The zero-order chi connectivity index (χ0) is 14.7. The molecule has 2 N–H and O–H groups in total. The summed E-state index contributed by atoms with van der Waals surface area (Å²) in [4.78, 5) is 4.43. The molecule has 0 aromatic rings. The molecule has 0 heterocycles. The van der Waals surface area contributed by atoms with Crippen LogP contribution in [0.4, 0.5) is 0 Å². The number of hydrogen-bond acceptors (Lipinski definition) is 3. The number of methoxy groups -OCH3 is 1. The summed E-state index contributed by atoms with van der Waals surface area (Å²) in [5, 5.41) is 0. The summed E-state index contributed by atoms with van der Waals surface area (Å²) < 4.78 is 6.93. The van der Waals surface area contributed by atoms with Crippen LogP contribution in [-0.2, 0) is 9.57 Å². The normalized spacial score (nSPS) is 11.4. The standard InChI is InChI=1S/C7H18NO.C6H17N2O.CH4/c1-8(2,3)6-5-7-9-4;1-8(2,3)5-4-6-9-7;/h5-7H2,1-4H3;4-7H2,1-3H3;1H4/q2*+1;. The summed E-state index contributed by atoms with van der Waals surface area (Å²) in [5.41, 5.74) is 0. The maximum absolute atomic E-state index is 4.93. The summed E-state index contributed by atoms with van der Waals surface area (Å²) in [6.07, 6.45) is 2.18. The molecule has 0 aliphatic carbocycles. The molecule has 0 unspecified atom stereocenters. The minimum absolute atomic E-state index is 0. The Morgan fingerprint density at radius 3 is 1.42 bits per heavy atom. The first-order valence-electron chi connectivity index (χ1n) is 6.54. The summed E-state index contributed by atoms with van der Waals surface area (Å²) in [6.45, 7) is 3.84. The van der Waals surface area contributed by atoms with Gasteiger partial charge in [-0.3, -0.25) is 0 Å². The first-order chi connectivity index (χ1) is 8.12. The van der Waals surface area contributed by atoms with Gasteiger partial charge in [-0.15, -0.1) is 0 Å². The van der Waals surface area contributed by atoms with Gasteiger partial charge in [0.25, 0.3) is 0 Å². The second-order valence-electron chi connectivity index (χ2n) is 6.60. The number of rotatable bonds is 8. The average Bonchev–Trinajstić information content (AvgIpc) is 2.16. The number of hydrogen-bond donors (Lipinski definition) is 1. The first kappa shape index (κ1) is 23.9. The predicted molar refractivity (Wildman–Crippen MR) is 83.8 cm³/mol. The number of nitrogens with zero attached hydrogens (tertiary/aromatic N) is 2. The van der Waals surface area contributed by atoms with Crippen molar-refractivity contribution < 1.29 is 18.5 Å². The third-order valence-corrected chi connectivity index (χ3v) is 2.27. The molecule has 0 amide bonds. The molecule has 0 aliphatic heterocycles. The van der Waals surface area contributed by atoms with Crippen molar-refractivity contribution in [3.8, 4) is 0 Å². The third-order valence-electron chi connectivity index (χ3n) is 2.27. The maximum Gasteiger partial charge on any atom is 0.0803 e. The summed E-state index contributed by atoms with van der Waals surface area (Å²) in [7, 11) is 14.8. The molecule has 19 heavy (non-hydrogen) atoms. The Balaban J connectivity index is -0.000000256. The van der Waals surface area contributed by atoms with E-state index in [0.717, 1.165) is 35.0 Å². The van der Waals surface area contributed by atoms with Crippen LogP contribution in [0, 0.1) is 0 Å². The molecule has 0 spiro atoms. The fraction of sp³-hybridized carbons (Fsp3) is 1.00. The van der Waals surface area contributed by atoms with Crippen LogP contribution < -0.4 is 5.90 Å². The molecule has 5 heteroatoms. The maximum atomic E-state index is 4.93. The molecule has 0 radical (unpaired) electrons. The monoisotopic (exact) mass is 281 g/mol. The Morgan fingerprint density at radius 2 is 1.16 bits per heavy atom. The van der Waals surface area contributed by atoms with Gasteiger partial charge in [0, 0.05) is 20.0 Å². The van der Waals surface area contributed by atoms with Crippen LogP contribution in [0.25, 0.3) is 0 Å². The molecule has 0 saturated carbocycles. The molecular formula is C14H39N3O2+2. The van der Waals surface area contributed by atoms with Crippen molar-refractivity contribution in [3.63, 3.8) is 0 Å². The quantitative estimate of drug-likeness (QED) is 0.415. The molecule has 0 aliphatic rings. The molecule has 0 atom stereocenters. The van der Waals surface area contributed by atoms with E-state index in [1.165, 1.54) is 6.54 Å². The van der Waals surface area contributed by atoms with Gasteiger partial charge in [0.05, 0.1) is 68.6 Å². The van der Waals surface area contributed by atoms with Crippen LogP contribution in [0.3, 0.4) is 0 Å². The van der Waals surface area contributed by atoms with Gasteiger partial charge in [0.2, 0.25) is 0 Å². The van der Waals surface area contributed by atoms with Gasteiger partial charge in [0.1, 0.15) is 0 Å². The second kappa shape index (κ2) is 12.8. The molecule has 0 aromatic carbocycles. The van der Waals surface area contributed by atoms with Crippen LogP contribution in [0.2, 0.25) is 0 Å². The van der Waals surface area contributed by atoms with E-state index in [4.69, 9.17) is 10.6 Å². The lowest BCUT2D eigenvalue weighted by Gasteiger charge is -2.23. The lowest BCUT2D eigenvalue weighted by Crippen LogP contribution is -2.35. The predicted octanol–water partition coefficient (Wildman–Crippen LogP) is 1.34. The summed E-state index contributed by atoms with van der Waals surface area (Å²) in [6, 6.07) is 0. The van der Waals surface area contributed by atoms with Crippen LogP contribution in [0.15, 0.2) is 0 Å². The lowest BCUT2D eigenvalue weighted by molar-refractivity contribution is -0.870.